The number of rotatable bonds is 10. The summed E-state index contributed by atoms with van der Waals surface area (Å²) in [6, 6.07) is 5.97. The maximum absolute atomic E-state index is 12.9. The van der Waals surface area contributed by atoms with Crippen molar-refractivity contribution in [3.05, 3.63) is 51.2 Å². The lowest BCUT2D eigenvalue weighted by Gasteiger charge is -2.18. The van der Waals surface area contributed by atoms with Crippen molar-refractivity contribution in [3.8, 4) is 5.75 Å². The van der Waals surface area contributed by atoms with Gasteiger partial charge in [-0.2, -0.15) is 0 Å². The zero-order valence-electron chi connectivity index (χ0n) is 22.1. The number of ether oxygens (including phenoxy) is 2. The Kier molecular flexibility index (Phi) is 8.91. The highest BCUT2D eigenvalue weighted by molar-refractivity contribution is 7.99. The van der Waals surface area contributed by atoms with Crippen LogP contribution < -0.4 is 10.1 Å². The first-order chi connectivity index (χ1) is 17.8. The van der Waals surface area contributed by atoms with Crippen molar-refractivity contribution >= 4 is 40.0 Å². The molecule has 0 bridgehead atoms. The third kappa shape index (κ3) is 6.18. The second-order valence-corrected chi connectivity index (χ2v) is 11.3. The van der Waals surface area contributed by atoms with E-state index < -0.39 is 0 Å². The summed E-state index contributed by atoms with van der Waals surface area (Å²) < 4.78 is 13.3. The molecule has 1 atom stereocenters. The summed E-state index contributed by atoms with van der Waals surface area (Å²) in [7, 11) is 0. The number of hydrogen-bond donors (Lipinski definition) is 1. The fourth-order valence-electron chi connectivity index (χ4n) is 4.42. The highest BCUT2D eigenvalue weighted by Crippen LogP contribution is 2.40. The molecule has 0 radical (unpaired) electrons. The number of aryl methyl sites for hydroxylation is 1. The Morgan fingerprint density at radius 3 is 2.81 bits per heavy atom. The second-order valence-electron chi connectivity index (χ2n) is 9.24. The average Bonchev–Trinajstić information content (AvgIpc) is 3.43. The largest absolute Gasteiger partial charge is 0.485 e. The maximum atomic E-state index is 12.9. The third-order valence-corrected chi connectivity index (χ3v) is 8.73. The van der Waals surface area contributed by atoms with E-state index >= 15 is 0 Å². The van der Waals surface area contributed by atoms with Gasteiger partial charge >= 0.3 is 5.97 Å². The molecule has 0 spiro atoms. The lowest BCUT2D eigenvalue weighted by molar-refractivity contribution is -0.113. The zero-order valence-corrected chi connectivity index (χ0v) is 23.7. The molecule has 0 aliphatic heterocycles. The van der Waals surface area contributed by atoms with Gasteiger partial charge in [-0.3, -0.25) is 4.79 Å². The summed E-state index contributed by atoms with van der Waals surface area (Å²) in [6.45, 7) is 11.4. The quantitative estimate of drug-likeness (QED) is 0.264. The van der Waals surface area contributed by atoms with Gasteiger partial charge in [0.2, 0.25) is 5.91 Å². The molecule has 0 fully saturated rings. The van der Waals surface area contributed by atoms with E-state index in [1.54, 1.807) is 6.92 Å². The molecular weight excluding hydrogens is 508 g/mol. The summed E-state index contributed by atoms with van der Waals surface area (Å²) in [6.07, 6.45) is 2.78. The number of fused-ring (bicyclic) bond motifs is 1. The Hall–Kier alpha value is -2.85. The van der Waals surface area contributed by atoms with Crippen LogP contribution in [0.4, 0.5) is 5.00 Å². The summed E-state index contributed by atoms with van der Waals surface area (Å²) in [5.74, 6) is 1.68. The van der Waals surface area contributed by atoms with Crippen molar-refractivity contribution < 1.29 is 19.1 Å². The Bertz CT molecular complexity index is 1280. The minimum atomic E-state index is -0.364. The van der Waals surface area contributed by atoms with Gasteiger partial charge in [0.1, 0.15) is 17.4 Å². The Labute approximate surface area is 226 Å². The van der Waals surface area contributed by atoms with Gasteiger partial charge in [0.25, 0.3) is 0 Å². The lowest BCUT2D eigenvalue weighted by Crippen LogP contribution is -2.18. The van der Waals surface area contributed by atoms with Crippen LogP contribution in [0.25, 0.3) is 0 Å². The minimum Gasteiger partial charge on any atom is -0.485 e. The van der Waals surface area contributed by atoms with Gasteiger partial charge in [0.05, 0.1) is 17.9 Å². The van der Waals surface area contributed by atoms with Gasteiger partial charge in [-0.25, -0.2) is 4.79 Å². The first-order valence-electron chi connectivity index (χ1n) is 12.7. The molecule has 1 amide bonds. The van der Waals surface area contributed by atoms with Crippen molar-refractivity contribution in [2.45, 2.75) is 72.2 Å². The smallest absolute Gasteiger partial charge is 0.341 e. The predicted molar refractivity (Wildman–Crippen MR) is 147 cm³/mol. The number of nitrogens with zero attached hydrogens (tertiary/aromatic N) is 3. The molecule has 0 saturated carbocycles. The Morgan fingerprint density at radius 2 is 2.05 bits per heavy atom. The third-order valence-electron chi connectivity index (χ3n) is 6.60. The van der Waals surface area contributed by atoms with Crippen LogP contribution in [0.5, 0.6) is 5.75 Å². The fourth-order valence-corrected chi connectivity index (χ4v) is 6.66. The normalized spacial score (nSPS) is 14.8. The molecule has 1 unspecified atom stereocenters. The molecule has 10 heteroatoms. The van der Waals surface area contributed by atoms with Gasteiger partial charge in [0, 0.05) is 11.4 Å². The molecule has 198 valence electrons. The van der Waals surface area contributed by atoms with E-state index in [-0.39, 0.29) is 17.6 Å². The SMILES string of the molecule is CCOC(=O)c1c(NC(=O)CSc2nnc(COc3cccc(C)c3C)n2CC)sc2c1CCC(C)C2. The van der Waals surface area contributed by atoms with E-state index in [1.165, 1.54) is 33.5 Å². The molecule has 1 aromatic carbocycles. The summed E-state index contributed by atoms with van der Waals surface area (Å²) in [5.41, 5.74) is 3.82. The van der Waals surface area contributed by atoms with E-state index in [0.29, 0.717) is 47.2 Å². The number of benzene rings is 1. The maximum Gasteiger partial charge on any atom is 0.341 e. The van der Waals surface area contributed by atoms with Crippen molar-refractivity contribution in [1.29, 1.82) is 0 Å². The molecule has 0 saturated heterocycles. The van der Waals surface area contributed by atoms with Crippen LogP contribution in [0, 0.1) is 19.8 Å². The number of amides is 1. The number of aromatic nitrogens is 3. The number of anilines is 1. The number of hydrogen-bond acceptors (Lipinski definition) is 8. The number of thiophene rings is 1. The van der Waals surface area contributed by atoms with E-state index in [1.807, 2.05) is 30.5 Å². The number of thioether (sulfide) groups is 1. The van der Waals surface area contributed by atoms with Crippen molar-refractivity contribution in [2.24, 2.45) is 5.92 Å². The van der Waals surface area contributed by atoms with Gasteiger partial charge < -0.3 is 19.4 Å². The highest BCUT2D eigenvalue weighted by atomic mass is 32.2. The Morgan fingerprint density at radius 1 is 1.24 bits per heavy atom. The average molecular weight is 543 g/mol. The number of carbonyl (C=O) groups excluding carboxylic acids is 2. The molecule has 37 heavy (non-hydrogen) atoms. The van der Waals surface area contributed by atoms with Crippen LogP contribution in [0.2, 0.25) is 0 Å². The molecule has 8 nitrogen and oxygen atoms in total. The molecule has 1 aliphatic rings. The molecule has 3 aromatic rings. The minimum absolute atomic E-state index is 0.150. The number of esters is 1. The molecular formula is C27H34N4O4S2. The zero-order chi connectivity index (χ0) is 26.5. The van der Waals surface area contributed by atoms with E-state index in [2.05, 4.69) is 35.4 Å². The van der Waals surface area contributed by atoms with Crippen molar-refractivity contribution in [1.82, 2.24) is 14.8 Å². The first-order valence-corrected chi connectivity index (χ1v) is 14.5. The summed E-state index contributed by atoms with van der Waals surface area (Å²) >= 11 is 2.81. The number of carbonyl (C=O) groups is 2. The van der Waals surface area contributed by atoms with Crippen LogP contribution in [0.3, 0.4) is 0 Å². The van der Waals surface area contributed by atoms with E-state index in [9.17, 15) is 9.59 Å². The number of nitrogens with one attached hydrogen (secondary N) is 1. The topological polar surface area (TPSA) is 95.3 Å². The van der Waals surface area contributed by atoms with Crippen molar-refractivity contribution in [3.63, 3.8) is 0 Å². The van der Waals surface area contributed by atoms with Gasteiger partial charge in [-0.05, 0) is 75.6 Å². The fraction of sp³-hybridized carbons (Fsp3) is 0.481. The van der Waals surface area contributed by atoms with Gasteiger partial charge in [0.15, 0.2) is 11.0 Å². The molecule has 1 N–H and O–H groups in total. The molecule has 1 aliphatic carbocycles. The van der Waals surface area contributed by atoms with E-state index in [0.717, 1.165) is 36.1 Å². The van der Waals surface area contributed by atoms with Gasteiger partial charge in [-0.15, -0.1) is 21.5 Å². The molecule has 4 rings (SSSR count). The van der Waals surface area contributed by atoms with Gasteiger partial charge in [-0.1, -0.05) is 30.8 Å². The highest BCUT2D eigenvalue weighted by Gasteiger charge is 2.29. The van der Waals surface area contributed by atoms with Crippen LogP contribution in [-0.2, 0) is 35.5 Å². The first kappa shape index (κ1) is 27.2. The predicted octanol–water partition coefficient (Wildman–Crippen LogP) is 5.59. The molecule has 2 heterocycles. The van der Waals surface area contributed by atoms with Crippen LogP contribution >= 0.6 is 23.1 Å². The van der Waals surface area contributed by atoms with Crippen LogP contribution in [0.15, 0.2) is 23.4 Å². The van der Waals surface area contributed by atoms with E-state index in [4.69, 9.17) is 9.47 Å². The van der Waals surface area contributed by atoms with Crippen molar-refractivity contribution in [2.75, 3.05) is 17.7 Å². The van der Waals surface area contributed by atoms with Crippen LogP contribution in [-0.4, -0.2) is 39.0 Å². The summed E-state index contributed by atoms with van der Waals surface area (Å²) in [4.78, 5) is 26.8. The lowest BCUT2D eigenvalue weighted by atomic mass is 9.88. The standard InChI is InChI=1S/C27H34N4O4S2/c1-6-31-22(14-35-20-10-8-9-17(4)18(20)5)29-30-27(31)36-15-23(32)28-25-24(26(33)34-7-2)19-12-11-16(3)13-21(19)37-25/h8-10,16H,6-7,11-15H2,1-5H3,(H,28,32). The monoisotopic (exact) mass is 542 g/mol. The van der Waals surface area contributed by atoms with Crippen LogP contribution in [0.1, 0.15) is 64.9 Å². The second kappa shape index (κ2) is 12.1. The Balaban J connectivity index is 1.42. The summed E-state index contributed by atoms with van der Waals surface area (Å²) in [5, 5.41) is 12.8. The molecule has 2 aromatic heterocycles.